The highest BCUT2D eigenvalue weighted by molar-refractivity contribution is 6.05. The van der Waals surface area contributed by atoms with E-state index < -0.39 is 5.82 Å². The molecule has 92 valence electrons. The number of halogens is 1. The minimum absolute atomic E-state index is 0.103. The maximum absolute atomic E-state index is 13.3. The predicted octanol–water partition coefficient (Wildman–Crippen LogP) is 2.36. The van der Waals surface area contributed by atoms with Gasteiger partial charge in [-0.05, 0) is 36.8 Å². The van der Waals surface area contributed by atoms with Gasteiger partial charge in [0.2, 0.25) is 0 Å². The summed E-state index contributed by atoms with van der Waals surface area (Å²) in [6, 6.07) is 6.33. The zero-order chi connectivity index (χ0) is 13.1. The SMILES string of the molecule is Cc1cc(N)ccc1C(=O)Nc1ccncc1F. The van der Waals surface area contributed by atoms with Crippen molar-refractivity contribution in [2.45, 2.75) is 6.92 Å². The van der Waals surface area contributed by atoms with E-state index in [2.05, 4.69) is 10.3 Å². The Bertz CT molecular complexity index is 599. The van der Waals surface area contributed by atoms with E-state index in [1.165, 1.54) is 12.3 Å². The largest absolute Gasteiger partial charge is 0.399 e. The number of benzene rings is 1. The van der Waals surface area contributed by atoms with Crippen LogP contribution in [0.2, 0.25) is 0 Å². The minimum Gasteiger partial charge on any atom is -0.399 e. The fraction of sp³-hybridized carbons (Fsp3) is 0.0769. The standard InChI is InChI=1S/C13H12FN3O/c1-8-6-9(15)2-3-10(8)13(18)17-12-4-5-16-7-11(12)14/h2-7H,15H2,1H3,(H,16,17,18). The molecule has 0 aliphatic carbocycles. The molecule has 4 nitrogen and oxygen atoms in total. The molecule has 0 bridgehead atoms. The van der Waals surface area contributed by atoms with Gasteiger partial charge in [-0.15, -0.1) is 0 Å². The van der Waals surface area contributed by atoms with E-state index in [4.69, 9.17) is 5.73 Å². The number of aryl methyl sites for hydroxylation is 1. The molecule has 18 heavy (non-hydrogen) atoms. The summed E-state index contributed by atoms with van der Waals surface area (Å²) < 4.78 is 13.3. The fourth-order valence-corrected chi connectivity index (χ4v) is 1.61. The number of hydrogen-bond acceptors (Lipinski definition) is 3. The number of rotatable bonds is 2. The van der Waals surface area contributed by atoms with E-state index in [1.807, 2.05) is 0 Å². The van der Waals surface area contributed by atoms with Gasteiger partial charge in [-0.25, -0.2) is 4.39 Å². The molecule has 0 aliphatic heterocycles. The van der Waals surface area contributed by atoms with Gasteiger partial charge in [0.15, 0.2) is 5.82 Å². The molecule has 0 fully saturated rings. The highest BCUT2D eigenvalue weighted by Crippen LogP contribution is 2.16. The van der Waals surface area contributed by atoms with E-state index in [-0.39, 0.29) is 11.6 Å². The lowest BCUT2D eigenvalue weighted by atomic mass is 10.1. The third kappa shape index (κ3) is 2.45. The van der Waals surface area contributed by atoms with Gasteiger partial charge >= 0.3 is 0 Å². The molecule has 0 radical (unpaired) electrons. The van der Waals surface area contributed by atoms with Crippen molar-refractivity contribution >= 4 is 17.3 Å². The summed E-state index contributed by atoms with van der Waals surface area (Å²) in [7, 11) is 0. The number of amides is 1. The lowest BCUT2D eigenvalue weighted by Crippen LogP contribution is -2.14. The van der Waals surface area contributed by atoms with Gasteiger partial charge < -0.3 is 11.1 Å². The van der Waals surface area contributed by atoms with Crippen LogP contribution in [-0.2, 0) is 0 Å². The van der Waals surface area contributed by atoms with Crippen LogP contribution in [0.15, 0.2) is 36.7 Å². The first-order valence-electron chi connectivity index (χ1n) is 5.35. The number of nitrogens with one attached hydrogen (secondary N) is 1. The number of nitrogens with two attached hydrogens (primary N) is 1. The van der Waals surface area contributed by atoms with Gasteiger partial charge in [-0.2, -0.15) is 0 Å². The molecule has 2 rings (SSSR count). The molecule has 0 spiro atoms. The average Bonchev–Trinajstić information content (AvgIpc) is 2.32. The van der Waals surface area contributed by atoms with Crippen molar-refractivity contribution in [2.75, 3.05) is 11.1 Å². The van der Waals surface area contributed by atoms with Crippen LogP contribution >= 0.6 is 0 Å². The lowest BCUT2D eigenvalue weighted by molar-refractivity contribution is 0.102. The highest BCUT2D eigenvalue weighted by Gasteiger charge is 2.11. The molecule has 1 aromatic carbocycles. The van der Waals surface area contributed by atoms with Crippen LogP contribution in [-0.4, -0.2) is 10.9 Å². The Morgan fingerprint density at radius 1 is 1.39 bits per heavy atom. The third-order valence-corrected chi connectivity index (χ3v) is 2.52. The smallest absolute Gasteiger partial charge is 0.256 e. The predicted molar refractivity (Wildman–Crippen MR) is 67.7 cm³/mol. The van der Waals surface area contributed by atoms with Crippen LogP contribution < -0.4 is 11.1 Å². The minimum atomic E-state index is -0.570. The molecule has 1 amide bonds. The number of carbonyl (C=O) groups is 1. The second-order valence-electron chi connectivity index (χ2n) is 3.88. The third-order valence-electron chi connectivity index (χ3n) is 2.52. The molecule has 0 saturated carbocycles. The Morgan fingerprint density at radius 2 is 2.17 bits per heavy atom. The van der Waals surface area contributed by atoms with Gasteiger partial charge in [0.1, 0.15) is 0 Å². The normalized spacial score (nSPS) is 10.1. The quantitative estimate of drug-likeness (QED) is 0.798. The van der Waals surface area contributed by atoms with Crippen LogP contribution in [0.25, 0.3) is 0 Å². The van der Waals surface area contributed by atoms with Crippen molar-refractivity contribution < 1.29 is 9.18 Å². The summed E-state index contributed by atoms with van der Waals surface area (Å²) >= 11 is 0. The molecule has 5 heteroatoms. The highest BCUT2D eigenvalue weighted by atomic mass is 19.1. The van der Waals surface area contributed by atoms with Gasteiger partial charge in [-0.1, -0.05) is 0 Å². The fourth-order valence-electron chi connectivity index (χ4n) is 1.61. The van der Waals surface area contributed by atoms with Crippen LogP contribution in [0.5, 0.6) is 0 Å². The van der Waals surface area contributed by atoms with E-state index >= 15 is 0 Å². The van der Waals surface area contributed by atoms with Crippen LogP contribution in [0.3, 0.4) is 0 Å². The monoisotopic (exact) mass is 245 g/mol. The second kappa shape index (κ2) is 4.83. The molecule has 3 N–H and O–H groups in total. The van der Waals surface area contributed by atoms with Crippen molar-refractivity contribution in [3.05, 3.63) is 53.6 Å². The molecule has 2 aromatic rings. The molecule has 0 saturated heterocycles. The Balaban J connectivity index is 2.25. The van der Waals surface area contributed by atoms with Gasteiger partial charge in [0.25, 0.3) is 5.91 Å². The molecule has 1 heterocycles. The van der Waals surface area contributed by atoms with Crippen LogP contribution in [0.4, 0.5) is 15.8 Å². The number of hydrogen-bond donors (Lipinski definition) is 2. The second-order valence-corrected chi connectivity index (χ2v) is 3.88. The van der Waals surface area contributed by atoms with Crippen molar-refractivity contribution in [3.63, 3.8) is 0 Å². The van der Waals surface area contributed by atoms with E-state index in [9.17, 15) is 9.18 Å². The molecule has 0 atom stereocenters. The van der Waals surface area contributed by atoms with E-state index in [0.29, 0.717) is 11.3 Å². The Kier molecular flexibility index (Phi) is 3.23. The summed E-state index contributed by atoms with van der Waals surface area (Å²) in [6.45, 7) is 1.77. The molecular weight excluding hydrogens is 233 g/mol. The first kappa shape index (κ1) is 12.0. The first-order valence-corrected chi connectivity index (χ1v) is 5.35. The van der Waals surface area contributed by atoms with Gasteiger partial charge in [-0.3, -0.25) is 9.78 Å². The zero-order valence-electron chi connectivity index (χ0n) is 9.77. The molecular formula is C13H12FN3O. The average molecular weight is 245 g/mol. The Labute approximate surface area is 104 Å². The number of pyridine rings is 1. The summed E-state index contributed by atoms with van der Waals surface area (Å²) in [4.78, 5) is 15.6. The topological polar surface area (TPSA) is 68.0 Å². The van der Waals surface area contributed by atoms with Gasteiger partial charge in [0.05, 0.1) is 11.9 Å². The zero-order valence-corrected chi connectivity index (χ0v) is 9.77. The summed E-state index contributed by atoms with van der Waals surface area (Å²) in [5.74, 6) is -0.948. The number of anilines is 2. The molecule has 0 unspecified atom stereocenters. The maximum Gasteiger partial charge on any atom is 0.256 e. The Morgan fingerprint density at radius 3 is 2.83 bits per heavy atom. The lowest BCUT2D eigenvalue weighted by Gasteiger charge is -2.08. The number of nitrogens with zero attached hydrogens (tertiary/aromatic N) is 1. The van der Waals surface area contributed by atoms with Crippen molar-refractivity contribution in [1.29, 1.82) is 0 Å². The molecule has 0 aliphatic rings. The summed E-state index contributed by atoms with van der Waals surface area (Å²) in [5, 5.41) is 2.49. The van der Waals surface area contributed by atoms with E-state index in [1.54, 1.807) is 25.1 Å². The number of aromatic nitrogens is 1. The van der Waals surface area contributed by atoms with E-state index in [0.717, 1.165) is 11.8 Å². The maximum atomic E-state index is 13.3. The Hall–Kier alpha value is -2.43. The number of nitrogen functional groups attached to an aromatic ring is 1. The van der Waals surface area contributed by atoms with Crippen molar-refractivity contribution in [1.82, 2.24) is 4.98 Å². The van der Waals surface area contributed by atoms with Crippen LogP contribution in [0.1, 0.15) is 15.9 Å². The first-order chi connectivity index (χ1) is 8.58. The van der Waals surface area contributed by atoms with Gasteiger partial charge in [0, 0.05) is 17.4 Å². The van der Waals surface area contributed by atoms with Crippen LogP contribution in [0, 0.1) is 12.7 Å². The molecule has 1 aromatic heterocycles. The summed E-state index contributed by atoms with van der Waals surface area (Å²) in [5.41, 5.74) is 7.49. The summed E-state index contributed by atoms with van der Waals surface area (Å²) in [6.07, 6.45) is 2.46. The van der Waals surface area contributed by atoms with Crippen molar-refractivity contribution in [3.8, 4) is 0 Å². The number of carbonyl (C=O) groups excluding carboxylic acids is 1. The van der Waals surface area contributed by atoms with Crippen molar-refractivity contribution in [2.24, 2.45) is 0 Å².